The van der Waals surface area contributed by atoms with Gasteiger partial charge in [0, 0.05) is 19.0 Å². The fraction of sp³-hybridized carbons (Fsp3) is 0.348. The molecule has 3 N–H and O–H groups in total. The van der Waals surface area contributed by atoms with Crippen LogP contribution in [0.4, 0.5) is 0 Å². The van der Waals surface area contributed by atoms with Crippen LogP contribution < -0.4 is 16.3 Å². The molecule has 5 rings (SSSR count). The first kappa shape index (κ1) is 22.4. The number of rotatable bonds is 7. The largest absolute Gasteiger partial charge is 0.498 e. The smallest absolute Gasteiger partial charge is 0.365 e. The van der Waals surface area contributed by atoms with Crippen molar-refractivity contribution in [2.24, 2.45) is 0 Å². The number of aromatic amines is 1. The summed E-state index contributed by atoms with van der Waals surface area (Å²) in [6.45, 7) is 2.42. The minimum absolute atomic E-state index is 0.110. The number of hydrogen-bond donors (Lipinski definition) is 3. The molecule has 0 radical (unpaired) electrons. The highest BCUT2D eigenvalue weighted by molar-refractivity contribution is 5.97. The van der Waals surface area contributed by atoms with E-state index in [0.29, 0.717) is 18.7 Å². The number of ether oxygens (including phenoxy) is 1. The molecule has 180 valence electrons. The molecule has 3 aromatic rings. The Kier molecular flexibility index (Phi) is 6.08. The van der Waals surface area contributed by atoms with Crippen molar-refractivity contribution in [1.29, 1.82) is 0 Å². The van der Waals surface area contributed by atoms with Gasteiger partial charge in [-0.05, 0) is 58.5 Å². The maximum absolute atomic E-state index is 12.9. The number of aryl methyl sites for hydroxylation is 1. The van der Waals surface area contributed by atoms with E-state index in [1.165, 1.54) is 17.1 Å². The third-order valence-electron chi connectivity index (χ3n) is 6.21. The summed E-state index contributed by atoms with van der Waals surface area (Å²) in [5.41, 5.74) is 3.39. The molecule has 35 heavy (non-hydrogen) atoms. The second kappa shape index (κ2) is 9.49. The molecule has 2 amide bonds. The molecule has 2 aromatic heterocycles. The van der Waals surface area contributed by atoms with Gasteiger partial charge in [-0.3, -0.25) is 9.59 Å². The van der Waals surface area contributed by atoms with Gasteiger partial charge < -0.3 is 15.4 Å². The first-order chi connectivity index (χ1) is 17.0. The first-order valence-electron chi connectivity index (χ1n) is 11.4. The van der Waals surface area contributed by atoms with E-state index in [9.17, 15) is 14.4 Å². The zero-order valence-electron chi connectivity index (χ0n) is 19.0. The second-order valence-electron chi connectivity index (χ2n) is 8.48. The van der Waals surface area contributed by atoms with Gasteiger partial charge in [0.2, 0.25) is 0 Å². The minimum Gasteiger partial charge on any atom is -0.498 e. The molecule has 3 heterocycles. The average Bonchev–Trinajstić information content (AvgIpc) is 3.62. The van der Waals surface area contributed by atoms with Gasteiger partial charge in [0.25, 0.3) is 11.8 Å². The molecule has 1 aromatic carbocycles. The first-order valence-corrected chi connectivity index (χ1v) is 11.4. The van der Waals surface area contributed by atoms with E-state index >= 15 is 0 Å². The molecule has 2 aliphatic rings. The Hall–Kier alpha value is -4.35. The molecule has 12 heteroatoms. The summed E-state index contributed by atoms with van der Waals surface area (Å²) >= 11 is 0. The molecule has 1 aliphatic carbocycles. The van der Waals surface area contributed by atoms with Gasteiger partial charge >= 0.3 is 5.69 Å². The zero-order valence-corrected chi connectivity index (χ0v) is 19.0. The van der Waals surface area contributed by atoms with E-state index in [2.05, 4.69) is 43.1 Å². The van der Waals surface area contributed by atoms with Crippen LogP contribution >= 0.6 is 0 Å². The van der Waals surface area contributed by atoms with Crippen LogP contribution in [0.1, 0.15) is 64.3 Å². The van der Waals surface area contributed by atoms with Crippen LogP contribution in [0.2, 0.25) is 0 Å². The van der Waals surface area contributed by atoms with E-state index in [-0.39, 0.29) is 29.4 Å². The number of carbonyl (C=O) groups is 2. The minimum atomic E-state index is -0.421. The van der Waals surface area contributed by atoms with Crippen molar-refractivity contribution < 1.29 is 14.3 Å². The maximum Gasteiger partial charge on any atom is 0.365 e. The maximum atomic E-state index is 12.9. The van der Waals surface area contributed by atoms with E-state index in [4.69, 9.17) is 4.74 Å². The molecule has 1 aliphatic heterocycles. The topological polar surface area (TPSA) is 157 Å². The summed E-state index contributed by atoms with van der Waals surface area (Å²) in [7, 11) is 0. The van der Waals surface area contributed by atoms with Crippen LogP contribution in [0.5, 0.6) is 0 Å². The summed E-state index contributed by atoms with van der Waals surface area (Å²) in [6.07, 6.45) is 6.19. The highest BCUT2D eigenvalue weighted by Gasteiger charge is 2.26. The van der Waals surface area contributed by atoms with Crippen molar-refractivity contribution in [3.63, 3.8) is 0 Å². The molecule has 12 nitrogen and oxygen atoms in total. The van der Waals surface area contributed by atoms with Gasteiger partial charge in [0.15, 0.2) is 0 Å². The second-order valence-corrected chi connectivity index (χ2v) is 8.48. The van der Waals surface area contributed by atoms with Crippen LogP contribution in [0, 0.1) is 0 Å². The number of aromatic nitrogens is 6. The summed E-state index contributed by atoms with van der Waals surface area (Å²) < 4.78 is 6.69. The SMILES string of the molecule is CCC1CC(CNC(=O)c2cc(C(=O)N[C@H]3CCc4cc(-n5nn[nH]c5=O)ccc43)ncn2)=CO1. The monoisotopic (exact) mass is 476 g/mol. The third kappa shape index (κ3) is 4.67. The fourth-order valence-electron chi connectivity index (χ4n) is 4.31. The highest BCUT2D eigenvalue weighted by Crippen LogP contribution is 2.32. The molecule has 1 unspecified atom stereocenters. The van der Waals surface area contributed by atoms with Gasteiger partial charge in [0.1, 0.15) is 23.8 Å². The van der Waals surface area contributed by atoms with Crippen LogP contribution in [0.25, 0.3) is 5.69 Å². The number of nitrogens with zero attached hydrogens (tertiary/aromatic N) is 5. The molecule has 0 saturated carbocycles. The van der Waals surface area contributed by atoms with Gasteiger partial charge in [-0.1, -0.05) is 13.0 Å². The van der Waals surface area contributed by atoms with Crippen molar-refractivity contribution in [2.45, 2.75) is 44.8 Å². The molecule has 0 fully saturated rings. The lowest BCUT2D eigenvalue weighted by Crippen LogP contribution is -2.30. The standard InChI is InChI=1S/C23H24N8O4/c1-2-16-7-13(11-35-16)10-24-21(32)19-9-20(26-12-25-19)22(33)27-18-6-3-14-8-15(4-5-17(14)18)31-23(34)28-29-30-31/h4-5,8-9,11-12,16,18H,2-3,6-7,10H2,1H3,(H,24,32)(H,27,33)(H,28,30,34)/t16?,18-/m0/s1. The predicted molar refractivity (Wildman–Crippen MR) is 123 cm³/mol. The Bertz CT molecular complexity index is 1360. The van der Waals surface area contributed by atoms with Gasteiger partial charge in [-0.2, -0.15) is 4.68 Å². The predicted octanol–water partition coefficient (Wildman–Crippen LogP) is 0.975. The normalized spacial score (nSPS) is 18.5. The lowest BCUT2D eigenvalue weighted by Gasteiger charge is -2.14. The van der Waals surface area contributed by atoms with E-state index in [0.717, 1.165) is 36.0 Å². The molecule has 0 saturated heterocycles. The average molecular weight is 476 g/mol. The Balaban J connectivity index is 1.23. The van der Waals surface area contributed by atoms with Crippen LogP contribution in [-0.2, 0) is 11.2 Å². The molecular weight excluding hydrogens is 452 g/mol. The molecular formula is C23H24N8O4. The Morgan fingerprint density at radius 2 is 2.03 bits per heavy atom. The fourth-order valence-corrected chi connectivity index (χ4v) is 4.31. The molecule has 0 spiro atoms. The van der Waals surface area contributed by atoms with Crippen molar-refractivity contribution in [3.05, 3.63) is 75.4 Å². The van der Waals surface area contributed by atoms with Gasteiger partial charge in [-0.15, -0.1) is 0 Å². The molecule has 2 atom stereocenters. The lowest BCUT2D eigenvalue weighted by atomic mass is 10.1. The third-order valence-corrected chi connectivity index (χ3v) is 6.21. The van der Waals surface area contributed by atoms with E-state index in [1.54, 1.807) is 12.3 Å². The summed E-state index contributed by atoms with van der Waals surface area (Å²) in [4.78, 5) is 45.3. The van der Waals surface area contributed by atoms with Crippen molar-refractivity contribution in [2.75, 3.05) is 6.54 Å². The molecule has 0 bridgehead atoms. The van der Waals surface area contributed by atoms with Crippen LogP contribution in [0.15, 0.2) is 47.2 Å². The van der Waals surface area contributed by atoms with Crippen LogP contribution in [-0.4, -0.2) is 54.6 Å². The number of carbonyl (C=O) groups excluding carboxylic acids is 2. The zero-order chi connectivity index (χ0) is 24.4. The quantitative estimate of drug-likeness (QED) is 0.455. The van der Waals surface area contributed by atoms with E-state index < -0.39 is 11.6 Å². The highest BCUT2D eigenvalue weighted by atomic mass is 16.5. The summed E-state index contributed by atoms with van der Waals surface area (Å²) in [5, 5.41) is 15.3. The Morgan fingerprint density at radius 3 is 2.77 bits per heavy atom. The number of nitrogens with one attached hydrogen (secondary N) is 3. The van der Waals surface area contributed by atoms with Gasteiger partial charge in [0.05, 0.1) is 18.0 Å². The lowest BCUT2D eigenvalue weighted by molar-refractivity contribution is 0.0931. The number of fused-ring (bicyclic) bond motifs is 1. The Labute approximate surface area is 199 Å². The number of amides is 2. The van der Waals surface area contributed by atoms with Crippen molar-refractivity contribution in [1.82, 2.24) is 40.8 Å². The Morgan fingerprint density at radius 1 is 1.20 bits per heavy atom. The van der Waals surface area contributed by atoms with Crippen molar-refractivity contribution >= 4 is 11.8 Å². The number of benzene rings is 1. The summed E-state index contributed by atoms with van der Waals surface area (Å²) in [5.74, 6) is -0.780. The summed E-state index contributed by atoms with van der Waals surface area (Å²) in [6, 6.07) is 6.66. The van der Waals surface area contributed by atoms with E-state index in [1.807, 2.05) is 12.1 Å². The van der Waals surface area contributed by atoms with Crippen LogP contribution in [0.3, 0.4) is 0 Å². The number of tetrazole rings is 1. The van der Waals surface area contributed by atoms with Crippen molar-refractivity contribution in [3.8, 4) is 5.69 Å². The number of H-pyrrole nitrogens is 1. The van der Waals surface area contributed by atoms with Gasteiger partial charge in [-0.25, -0.2) is 19.9 Å². The number of hydrogen-bond acceptors (Lipinski definition) is 8.